The first kappa shape index (κ1) is 22.3. The molecular weight excluding hydrogens is 392 g/mol. The highest BCUT2D eigenvalue weighted by atomic mass is 32.2. The van der Waals surface area contributed by atoms with Gasteiger partial charge in [-0.3, -0.25) is 14.4 Å². The summed E-state index contributed by atoms with van der Waals surface area (Å²) in [4.78, 5) is 37.5. The highest BCUT2D eigenvalue weighted by molar-refractivity contribution is 8.14. The zero-order chi connectivity index (χ0) is 21.4. The fraction of sp³-hybridized carbons (Fsp3) is 0.286. The molecule has 0 saturated carbocycles. The molecule has 0 unspecified atom stereocenters. The minimum absolute atomic E-state index is 0.287. The molecular formula is C21H24N2O5S. The first-order chi connectivity index (χ1) is 13.9. The van der Waals surface area contributed by atoms with Crippen LogP contribution in [0.3, 0.4) is 0 Å². The molecule has 2 rings (SSSR count). The van der Waals surface area contributed by atoms with Gasteiger partial charge in [0, 0.05) is 11.0 Å². The molecule has 8 heteroatoms. The normalized spacial score (nSPS) is 11.4. The molecule has 0 fully saturated rings. The van der Waals surface area contributed by atoms with Crippen LogP contribution in [-0.4, -0.2) is 37.2 Å². The topological polar surface area (TPSA) is 108 Å². The average Bonchev–Trinajstić information content (AvgIpc) is 2.72. The quantitative estimate of drug-likeness (QED) is 0.609. The Morgan fingerprint density at radius 1 is 1.07 bits per heavy atom. The van der Waals surface area contributed by atoms with E-state index in [0.717, 1.165) is 11.8 Å². The summed E-state index contributed by atoms with van der Waals surface area (Å²) in [5.74, 6) is -0.110. The first-order valence-corrected chi connectivity index (χ1v) is 9.86. The van der Waals surface area contributed by atoms with E-state index in [1.54, 1.807) is 42.5 Å². The molecule has 0 aliphatic rings. The average molecular weight is 416 g/mol. The van der Waals surface area contributed by atoms with Crippen LogP contribution in [0.2, 0.25) is 0 Å². The van der Waals surface area contributed by atoms with Gasteiger partial charge in [0.15, 0.2) is 0 Å². The first-order valence-electron chi connectivity index (χ1n) is 9.04. The van der Waals surface area contributed by atoms with Crippen LogP contribution in [-0.2, 0) is 4.79 Å². The summed E-state index contributed by atoms with van der Waals surface area (Å²) in [5, 5.41) is 2.36. The third-order valence-corrected chi connectivity index (χ3v) is 5.17. The van der Waals surface area contributed by atoms with Crippen molar-refractivity contribution in [2.24, 2.45) is 5.73 Å². The van der Waals surface area contributed by atoms with Crippen LogP contribution in [0.4, 0.5) is 0 Å². The molecule has 0 heterocycles. The van der Waals surface area contributed by atoms with E-state index in [1.807, 2.05) is 6.92 Å². The maximum Gasteiger partial charge on any atom is 0.253 e. The van der Waals surface area contributed by atoms with Gasteiger partial charge in [-0.05, 0) is 42.4 Å². The molecule has 29 heavy (non-hydrogen) atoms. The van der Waals surface area contributed by atoms with Crippen LogP contribution in [0.5, 0.6) is 11.5 Å². The van der Waals surface area contributed by atoms with Crippen molar-refractivity contribution >= 4 is 28.7 Å². The number of hydrogen-bond acceptors (Lipinski definition) is 6. The Hall–Kier alpha value is -3.00. The number of hydrogen-bond donors (Lipinski definition) is 2. The van der Waals surface area contributed by atoms with Crippen LogP contribution < -0.4 is 20.5 Å². The van der Waals surface area contributed by atoms with E-state index < -0.39 is 17.9 Å². The molecule has 0 spiro atoms. The smallest absolute Gasteiger partial charge is 0.253 e. The lowest BCUT2D eigenvalue weighted by molar-refractivity contribution is -0.120. The van der Waals surface area contributed by atoms with Crippen LogP contribution in [0.15, 0.2) is 47.4 Å². The van der Waals surface area contributed by atoms with E-state index in [1.165, 1.54) is 14.2 Å². The number of amides is 2. The number of rotatable bonds is 9. The maximum atomic E-state index is 12.8. The van der Waals surface area contributed by atoms with E-state index in [-0.39, 0.29) is 5.12 Å². The Labute approximate surface area is 173 Å². The van der Waals surface area contributed by atoms with Gasteiger partial charge in [0.2, 0.25) is 11.0 Å². The fourth-order valence-corrected chi connectivity index (χ4v) is 3.57. The van der Waals surface area contributed by atoms with Crippen molar-refractivity contribution < 1.29 is 23.9 Å². The Morgan fingerprint density at radius 3 is 2.41 bits per heavy atom. The molecule has 7 nitrogen and oxygen atoms in total. The second-order valence-corrected chi connectivity index (χ2v) is 7.18. The summed E-state index contributed by atoms with van der Waals surface area (Å²) >= 11 is 0.907. The second-order valence-electron chi connectivity index (χ2n) is 6.17. The maximum absolute atomic E-state index is 12.8. The predicted octanol–water partition coefficient (Wildman–Crippen LogP) is 3.02. The van der Waals surface area contributed by atoms with E-state index in [2.05, 4.69) is 5.32 Å². The van der Waals surface area contributed by atoms with Crippen molar-refractivity contribution in [3.63, 3.8) is 0 Å². The summed E-state index contributed by atoms with van der Waals surface area (Å²) in [6.07, 6.45) is 1.14. The van der Waals surface area contributed by atoms with Crippen molar-refractivity contribution in [1.29, 1.82) is 0 Å². The van der Waals surface area contributed by atoms with Gasteiger partial charge in [-0.25, -0.2) is 0 Å². The summed E-state index contributed by atoms with van der Waals surface area (Å²) < 4.78 is 10.4. The zero-order valence-corrected chi connectivity index (χ0v) is 17.4. The summed E-state index contributed by atoms with van der Waals surface area (Å²) in [5.41, 5.74) is 6.01. The Balaban J connectivity index is 2.26. The summed E-state index contributed by atoms with van der Waals surface area (Å²) in [6.45, 7) is 1.90. The number of nitrogens with two attached hydrogens (primary N) is 1. The minimum atomic E-state index is -0.761. The van der Waals surface area contributed by atoms with Crippen molar-refractivity contribution in [1.82, 2.24) is 5.32 Å². The highest BCUT2D eigenvalue weighted by Crippen LogP contribution is 2.32. The van der Waals surface area contributed by atoms with Gasteiger partial charge in [-0.2, -0.15) is 0 Å². The van der Waals surface area contributed by atoms with Crippen LogP contribution >= 0.6 is 11.8 Å². The summed E-state index contributed by atoms with van der Waals surface area (Å²) in [6, 6.07) is 10.8. The monoisotopic (exact) mass is 416 g/mol. The molecule has 2 aromatic carbocycles. The van der Waals surface area contributed by atoms with Gasteiger partial charge in [0.25, 0.3) is 5.91 Å². The number of carbonyl (C=O) groups is 3. The molecule has 0 bridgehead atoms. The second kappa shape index (κ2) is 10.5. The van der Waals surface area contributed by atoms with E-state index >= 15 is 0 Å². The van der Waals surface area contributed by atoms with E-state index in [9.17, 15) is 14.4 Å². The Bertz CT molecular complexity index is 900. The van der Waals surface area contributed by atoms with Crippen LogP contribution in [0, 0.1) is 0 Å². The lowest BCUT2D eigenvalue weighted by Crippen LogP contribution is -2.44. The number of carbonyl (C=O) groups excluding carboxylic acids is 3. The summed E-state index contributed by atoms with van der Waals surface area (Å²) in [7, 11) is 2.99. The number of nitrogens with one attached hydrogen (secondary N) is 1. The van der Waals surface area contributed by atoms with Gasteiger partial charge < -0.3 is 20.5 Å². The highest BCUT2D eigenvalue weighted by Gasteiger charge is 2.22. The van der Waals surface area contributed by atoms with Gasteiger partial charge in [-0.1, -0.05) is 25.5 Å². The van der Waals surface area contributed by atoms with Gasteiger partial charge in [0.05, 0.1) is 25.3 Å². The molecule has 154 valence electrons. The van der Waals surface area contributed by atoms with E-state index in [0.29, 0.717) is 40.4 Å². The number of ether oxygens (including phenoxy) is 2. The molecule has 0 aliphatic carbocycles. The molecule has 1 atom stereocenters. The minimum Gasteiger partial charge on any atom is -0.497 e. The van der Waals surface area contributed by atoms with Crippen molar-refractivity contribution in [2.45, 2.75) is 30.7 Å². The van der Waals surface area contributed by atoms with Crippen LogP contribution in [0.1, 0.15) is 40.5 Å². The molecule has 2 aromatic rings. The number of thioether (sulfide) groups is 1. The van der Waals surface area contributed by atoms with Gasteiger partial charge in [-0.15, -0.1) is 0 Å². The number of benzene rings is 2. The molecule has 3 N–H and O–H groups in total. The lowest BCUT2D eigenvalue weighted by Gasteiger charge is -2.16. The third-order valence-electron chi connectivity index (χ3n) is 4.19. The molecule has 0 aliphatic heterocycles. The standard InChI is InChI=1S/C21H24N2O5S/c1-4-7-16(19(22)24)23-20(25)15-8-5-6-9-18(15)29-21(26)14-11-10-13(27-2)12-17(14)28-3/h5-6,8-12,16H,4,7H2,1-3H3,(H2,22,24)(H,23,25)/t16-/m0/s1. The van der Waals surface area contributed by atoms with Crippen molar-refractivity contribution in [3.8, 4) is 11.5 Å². The molecule has 0 radical (unpaired) electrons. The SMILES string of the molecule is CCC[C@H](NC(=O)c1ccccc1SC(=O)c1ccc(OC)cc1OC)C(N)=O. The molecule has 2 amide bonds. The van der Waals surface area contributed by atoms with E-state index in [4.69, 9.17) is 15.2 Å². The van der Waals surface area contributed by atoms with Crippen LogP contribution in [0.25, 0.3) is 0 Å². The van der Waals surface area contributed by atoms with Gasteiger partial charge >= 0.3 is 0 Å². The van der Waals surface area contributed by atoms with Crippen molar-refractivity contribution in [3.05, 3.63) is 53.6 Å². The fourth-order valence-electron chi connectivity index (χ4n) is 2.68. The Kier molecular flexibility index (Phi) is 8.09. The van der Waals surface area contributed by atoms with Gasteiger partial charge in [0.1, 0.15) is 17.5 Å². The molecule has 0 aromatic heterocycles. The molecule has 0 saturated heterocycles. The number of primary amides is 1. The number of methoxy groups -OCH3 is 2. The lowest BCUT2D eigenvalue weighted by atomic mass is 10.1. The van der Waals surface area contributed by atoms with Crippen molar-refractivity contribution in [2.75, 3.05) is 14.2 Å². The largest absolute Gasteiger partial charge is 0.497 e. The predicted molar refractivity (Wildman–Crippen MR) is 112 cm³/mol. The Morgan fingerprint density at radius 2 is 1.79 bits per heavy atom. The third kappa shape index (κ3) is 5.74. The zero-order valence-electron chi connectivity index (χ0n) is 16.6.